The van der Waals surface area contributed by atoms with Crippen LogP contribution in [0.3, 0.4) is 0 Å². The van der Waals surface area contributed by atoms with Gasteiger partial charge in [-0.25, -0.2) is 8.78 Å². The van der Waals surface area contributed by atoms with Crippen LogP contribution in [0.1, 0.15) is 50.6 Å². The van der Waals surface area contributed by atoms with Gasteiger partial charge in [-0.1, -0.05) is 19.8 Å². The maximum absolute atomic E-state index is 13.8. The van der Waals surface area contributed by atoms with Gasteiger partial charge in [0.25, 0.3) is 0 Å². The molecule has 0 saturated carbocycles. The molecule has 2 unspecified atom stereocenters. The third-order valence-corrected chi connectivity index (χ3v) is 4.26. The van der Waals surface area contributed by atoms with Crippen molar-refractivity contribution in [3.05, 3.63) is 35.4 Å². The summed E-state index contributed by atoms with van der Waals surface area (Å²) in [6.45, 7) is 3.78. The van der Waals surface area contributed by atoms with Gasteiger partial charge in [0.05, 0.1) is 0 Å². The van der Waals surface area contributed by atoms with Crippen molar-refractivity contribution in [2.75, 3.05) is 13.1 Å². The predicted octanol–water partition coefficient (Wildman–Crippen LogP) is 3.62. The standard InChI is InChI=1S/C16H24F2N2/c1-2-13-6-4-3-5-9-20(13)11-16(19)14-10-12(17)7-8-15(14)18/h7-8,10,13,16H,2-6,9,11,19H2,1H3. The van der Waals surface area contributed by atoms with E-state index in [1.165, 1.54) is 25.3 Å². The van der Waals surface area contributed by atoms with E-state index in [4.69, 9.17) is 5.73 Å². The molecule has 1 fully saturated rings. The van der Waals surface area contributed by atoms with Crippen molar-refractivity contribution in [1.29, 1.82) is 0 Å². The van der Waals surface area contributed by atoms with E-state index < -0.39 is 17.7 Å². The fourth-order valence-corrected chi connectivity index (χ4v) is 3.09. The van der Waals surface area contributed by atoms with Crippen molar-refractivity contribution in [3.63, 3.8) is 0 Å². The van der Waals surface area contributed by atoms with Gasteiger partial charge in [0.15, 0.2) is 0 Å². The third-order valence-electron chi connectivity index (χ3n) is 4.26. The first-order valence-corrected chi connectivity index (χ1v) is 7.56. The lowest BCUT2D eigenvalue weighted by Crippen LogP contribution is -2.39. The zero-order valence-electron chi connectivity index (χ0n) is 12.1. The first kappa shape index (κ1) is 15.4. The summed E-state index contributed by atoms with van der Waals surface area (Å²) in [5, 5.41) is 0. The molecule has 1 aromatic carbocycles. The Bertz CT molecular complexity index is 436. The topological polar surface area (TPSA) is 29.3 Å². The number of benzene rings is 1. The first-order valence-electron chi connectivity index (χ1n) is 7.56. The Balaban J connectivity index is 2.08. The van der Waals surface area contributed by atoms with Gasteiger partial charge < -0.3 is 5.73 Å². The molecule has 0 radical (unpaired) electrons. The molecule has 0 aliphatic carbocycles. The van der Waals surface area contributed by atoms with Crippen molar-refractivity contribution in [2.45, 2.75) is 51.1 Å². The Kier molecular flexibility index (Phi) is 5.49. The quantitative estimate of drug-likeness (QED) is 0.914. The SMILES string of the molecule is CCC1CCCCCN1CC(N)c1cc(F)ccc1F. The van der Waals surface area contributed by atoms with Crippen LogP contribution < -0.4 is 5.73 Å². The molecule has 1 heterocycles. The molecule has 0 amide bonds. The van der Waals surface area contributed by atoms with Crippen LogP contribution in [0, 0.1) is 11.6 Å². The summed E-state index contributed by atoms with van der Waals surface area (Å²) in [7, 11) is 0. The number of nitrogens with zero attached hydrogens (tertiary/aromatic N) is 1. The van der Waals surface area contributed by atoms with Crippen LogP contribution in [0.25, 0.3) is 0 Å². The van der Waals surface area contributed by atoms with Gasteiger partial charge >= 0.3 is 0 Å². The summed E-state index contributed by atoms with van der Waals surface area (Å²) in [4.78, 5) is 2.35. The summed E-state index contributed by atoms with van der Waals surface area (Å²) in [6.07, 6.45) is 5.91. The van der Waals surface area contributed by atoms with E-state index in [2.05, 4.69) is 11.8 Å². The molecule has 1 aliphatic rings. The lowest BCUT2D eigenvalue weighted by molar-refractivity contribution is 0.182. The number of likely N-dealkylation sites (tertiary alicyclic amines) is 1. The van der Waals surface area contributed by atoms with Gasteiger partial charge in [0.1, 0.15) is 11.6 Å². The predicted molar refractivity (Wildman–Crippen MR) is 77.4 cm³/mol. The molecule has 1 aromatic rings. The van der Waals surface area contributed by atoms with Crippen LogP contribution in [-0.2, 0) is 0 Å². The summed E-state index contributed by atoms with van der Waals surface area (Å²) in [5.41, 5.74) is 6.40. The van der Waals surface area contributed by atoms with Crippen LogP contribution in [0.2, 0.25) is 0 Å². The summed E-state index contributed by atoms with van der Waals surface area (Å²) in [5.74, 6) is -0.846. The molecule has 4 heteroatoms. The Morgan fingerprint density at radius 2 is 2.10 bits per heavy atom. The lowest BCUT2D eigenvalue weighted by atomic mass is 10.0. The second-order valence-corrected chi connectivity index (χ2v) is 5.68. The number of halogens is 2. The minimum Gasteiger partial charge on any atom is -0.323 e. The monoisotopic (exact) mass is 282 g/mol. The molecule has 2 rings (SSSR count). The zero-order chi connectivity index (χ0) is 14.5. The van der Waals surface area contributed by atoms with E-state index in [0.717, 1.165) is 31.5 Å². The van der Waals surface area contributed by atoms with Crippen molar-refractivity contribution in [1.82, 2.24) is 4.90 Å². The first-order chi connectivity index (χ1) is 9.61. The molecule has 2 N–H and O–H groups in total. The second-order valence-electron chi connectivity index (χ2n) is 5.68. The van der Waals surface area contributed by atoms with E-state index in [1.54, 1.807) is 0 Å². The zero-order valence-corrected chi connectivity index (χ0v) is 12.1. The molecule has 0 bridgehead atoms. The molecule has 2 nitrogen and oxygen atoms in total. The molecular weight excluding hydrogens is 258 g/mol. The molecule has 0 aromatic heterocycles. The summed E-state index contributed by atoms with van der Waals surface area (Å²) in [6, 6.07) is 3.55. The highest BCUT2D eigenvalue weighted by Gasteiger charge is 2.23. The maximum Gasteiger partial charge on any atom is 0.128 e. The number of rotatable bonds is 4. The molecule has 0 spiro atoms. The van der Waals surface area contributed by atoms with Crippen molar-refractivity contribution in [3.8, 4) is 0 Å². The normalized spacial score (nSPS) is 22.5. The molecule has 112 valence electrons. The Morgan fingerprint density at radius 3 is 2.85 bits per heavy atom. The maximum atomic E-state index is 13.8. The molecular formula is C16H24F2N2. The van der Waals surface area contributed by atoms with Crippen LogP contribution in [0.5, 0.6) is 0 Å². The average Bonchev–Trinajstić information content (AvgIpc) is 2.66. The Hall–Kier alpha value is -1.00. The van der Waals surface area contributed by atoms with Crippen LogP contribution in [-0.4, -0.2) is 24.0 Å². The van der Waals surface area contributed by atoms with Gasteiger partial charge in [-0.15, -0.1) is 0 Å². The Morgan fingerprint density at radius 1 is 1.30 bits per heavy atom. The second kappa shape index (κ2) is 7.14. The summed E-state index contributed by atoms with van der Waals surface area (Å²) < 4.78 is 27.0. The highest BCUT2D eigenvalue weighted by molar-refractivity contribution is 5.22. The fraction of sp³-hybridized carbons (Fsp3) is 0.625. The lowest BCUT2D eigenvalue weighted by Gasteiger charge is -2.31. The third kappa shape index (κ3) is 3.76. The van der Waals surface area contributed by atoms with Crippen molar-refractivity contribution in [2.24, 2.45) is 5.73 Å². The van der Waals surface area contributed by atoms with Gasteiger partial charge in [0, 0.05) is 24.2 Å². The molecule has 1 saturated heterocycles. The highest BCUT2D eigenvalue weighted by atomic mass is 19.1. The van der Waals surface area contributed by atoms with E-state index in [9.17, 15) is 8.78 Å². The van der Waals surface area contributed by atoms with E-state index in [0.29, 0.717) is 12.6 Å². The van der Waals surface area contributed by atoms with Crippen LogP contribution in [0.15, 0.2) is 18.2 Å². The molecule has 2 atom stereocenters. The summed E-state index contributed by atoms with van der Waals surface area (Å²) >= 11 is 0. The minimum atomic E-state index is -0.474. The largest absolute Gasteiger partial charge is 0.323 e. The number of hydrogen-bond acceptors (Lipinski definition) is 2. The highest BCUT2D eigenvalue weighted by Crippen LogP contribution is 2.23. The average molecular weight is 282 g/mol. The van der Waals surface area contributed by atoms with E-state index >= 15 is 0 Å². The Labute approximate surface area is 120 Å². The number of hydrogen-bond donors (Lipinski definition) is 1. The van der Waals surface area contributed by atoms with Gasteiger partial charge in [-0.3, -0.25) is 4.90 Å². The van der Waals surface area contributed by atoms with E-state index in [-0.39, 0.29) is 5.56 Å². The van der Waals surface area contributed by atoms with E-state index in [1.807, 2.05) is 0 Å². The van der Waals surface area contributed by atoms with Gasteiger partial charge in [0.2, 0.25) is 0 Å². The minimum absolute atomic E-state index is 0.282. The van der Waals surface area contributed by atoms with Gasteiger partial charge in [-0.05, 0) is 44.0 Å². The van der Waals surface area contributed by atoms with Crippen LogP contribution >= 0.6 is 0 Å². The van der Waals surface area contributed by atoms with Crippen molar-refractivity contribution < 1.29 is 8.78 Å². The smallest absolute Gasteiger partial charge is 0.128 e. The fourth-order valence-electron chi connectivity index (χ4n) is 3.09. The van der Waals surface area contributed by atoms with Crippen molar-refractivity contribution >= 4 is 0 Å². The molecule has 1 aliphatic heterocycles. The molecule has 20 heavy (non-hydrogen) atoms. The van der Waals surface area contributed by atoms with Crippen LogP contribution in [0.4, 0.5) is 8.78 Å². The number of nitrogens with two attached hydrogens (primary N) is 1. The van der Waals surface area contributed by atoms with Gasteiger partial charge in [-0.2, -0.15) is 0 Å².